The van der Waals surface area contributed by atoms with Crippen LogP contribution in [-0.4, -0.2) is 25.1 Å². The lowest BCUT2D eigenvalue weighted by Gasteiger charge is -2.11. The molecule has 0 atom stereocenters. The molecule has 3 rings (SSSR count). The molecule has 1 amide bonds. The van der Waals surface area contributed by atoms with Gasteiger partial charge in [0.2, 0.25) is 10.0 Å². The van der Waals surface area contributed by atoms with Gasteiger partial charge in [-0.25, -0.2) is 18.1 Å². The Morgan fingerprint density at radius 1 is 1.07 bits per heavy atom. The van der Waals surface area contributed by atoms with Crippen LogP contribution in [0.25, 0.3) is 0 Å². The zero-order valence-corrected chi connectivity index (χ0v) is 18.4. The molecule has 0 saturated heterocycles. The molecule has 0 saturated carbocycles. The lowest BCUT2D eigenvalue weighted by Crippen LogP contribution is -2.24. The number of carbonyl (C=O) groups is 1. The van der Waals surface area contributed by atoms with Crippen LogP contribution in [0.15, 0.2) is 76.8 Å². The number of amides is 1. The zero-order valence-electron chi connectivity index (χ0n) is 16.8. The van der Waals surface area contributed by atoms with Gasteiger partial charge in [-0.1, -0.05) is 43.3 Å². The average molecular weight is 442 g/mol. The Balaban J connectivity index is 1.75. The molecular formula is C22H23N3O3S2. The Morgan fingerprint density at radius 2 is 1.83 bits per heavy atom. The Hall–Kier alpha value is -2.68. The van der Waals surface area contributed by atoms with E-state index in [1.54, 1.807) is 37.0 Å². The smallest absolute Gasteiger partial charge is 0.256 e. The van der Waals surface area contributed by atoms with Gasteiger partial charge in [0.15, 0.2) is 0 Å². The van der Waals surface area contributed by atoms with E-state index in [1.165, 1.54) is 12.1 Å². The van der Waals surface area contributed by atoms with Crippen molar-refractivity contribution >= 4 is 33.4 Å². The minimum atomic E-state index is -3.76. The summed E-state index contributed by atoms with van der Waals surface area (Å²) in [6.45, 7) is 3.98. The van der Waals surface area contributed by atoms with Gasteiger partial charge in [-0.3, -0.25) is 4.79 Å². The van der Waals surface area contributed by atoms with Crippen molar-refractivity contribution in [3.8, 4) is 0 Å². The van der Waals surface area contributed by atoms with Gasteiger partial charge in [-0.15, -0.1) is 11.8 Å². The lowest BCUT2D eigenvalue weighted by atomic mass is 10.1. The summed E-state index contributed by atoms with van der Waals surface area (Å²) in [4.78, 5) is 17.1. The predicted octanol–water partition coefficient (Wildman–Crippen LogP) is 4.23. The van der Waals surface area contributed by atoms with Crippen LogP contribution in [-0.2, 0) is 16.6 Å². The van der Waals surface area contributed by atoms with Crippen molar-refractivity contribution < 1.29 is 13.2 Å². The van der Waals surface area contributed by atoms with Gasteiger partial charge in [0.05, 0.1) is 21.8 Å². The minimum absolute atomic E-state index is 0.0435. The third-order valence-electron chi connectivity index (χ3n) is 4.36. The Bertz CT molecular complexity index is 1120. The second-order valence-electron chi connectivity index (χ2n) is 6.56. The molecule has 2 aromatic carbocycles. The highest BCUT2D eigenvalue weighted by molar-refractivity contribution is 7.99. The number of hydrogen-bond acceptors (Lipinski definition) is 5. The monoisotopic (exact) mass is 441 g/mol. The number of nitrogens with one attached hydrogen (secondary N) is 2. The van der Waals surface area contributed by atoms with Crippen molar-refractivity contribution in [2.45, 2.75) is 30.3 Å². The number of anilines is 1. The summed E-state index contributed by atoms with van der Waals surface area (Å²) in [6, 6.07) is 17.4. The maximum absolute atomic E-state index is 12.7. The van der Waals surface area contributed by atoms with E-state index in [4.69, 9.17) is 0 Å². The first-order valence-electron chi connectivity index (χ1n) is 9.43. The van der Waals surface area contributed by atoms with Crippen LogP contribution in [0.5, 0.6) is 0 Å². The molecule has 0 fully saturated rings. The van der Waals surface area contributed by atoms with Gasteiger partial charge in [0.25, 0.3) is 5.91 Å². The van der Waals surface area contributed by atoms with E-state index in [0.29, 0.717) is 16.8 Å². The van der Waals surface area contributed by atoms with Crippen LogP contribution in [0, 0.1) is 6.92 Å². The second-order valence-corrected chi connectivity index (χ2v) is 9.61. The number of pyridine rings is 1. The summed E-state index contributed by atoms with van der Waals surface area (Å²) in [5, 5.41) is 3.66. The Morgan fingerprint density at radius 3 is 2.50 bits per heavy atom. The first-order valence-corrected chi connectivity index (χ1v) is 11.9. The summed E-state index contributed by atoms with van der Waals surface area (Å²) >= 11 is 1.61. The highest BCUT2D eigenvalue weighted by atomic mass is 32.2. The molecule has 0 bridgehead atoms. The molecule has 8 heteroatoms. The standard InChI is InChI=1S/C22H23N3O3S2/c1-3-29-21-12-10-18(15-23-21)25-22(26)20-13-19(11-9-16(20)2)30(27,28)24-14-17-7-5-4-6-8-17/h4-13,15,24H,3,14H2,1-2H3,(H,25,26). The van der Waals surface area contributed by atoms with Crippen LogP contribution in [0.2, 0.25) is 0 Å². The van der Waals surface area contributed by atoms with E-state index in [9.17, 15) is 13.2 Å². The van der Waals surface area contributed by atoms with Crippen LogP contribution in [0.1, 0.15) is 28.4 Å². The summed E-state index contributed by atoms with van der Waals surface area (Å²) in [5.74, 6) is 0.530. The summed E-state index contributed by atoms with van der Waals surface area (Å²) in [5.41, 5.74) is 2.38. The van der Waals surface area contributed by atoms with Gasteiger partial charge in [-0.2, -0.15) is 0 Å². The lowest BCUT2D eigenvalue weighted by molar-refractivity contribution is 0.102. The highest BCUT2D eigenvalue weighted by Crippen LogP contribution is 2.20. The summed E-state index contributed by atoms with van der Waals surface area (Å²) in [6.07, 6.45) is 1.59. The number of sulfonamides is 1. The Labute approximate surface area is 181 Å². The topological polar surface area (TPSA) is 88.2 Å². The largest absolute Gasteiger partial charge is 0.321 e. The number of hydrogen-bond donors (Lipinski definition) is 2. The fraction of sp³-hybridized carbons (Fsp3) is 0.182. The number of nitrogens with zero attached hydrogens (tertiary/aromatic N) is 1. The van der Waals surface area contributed by atoms with E-state index in [-0.39, 0.29) is 17.3 Å². The molecule has 0 unspecified atom stereocenters. The number of carbonyl (C=O) groups excluding carboxylic acids is 1. The van der Waals surface area contributed by atoms with E-state index in [1.807, 2.05) is 43.3 Å². The van der Waals surface area contributed by atoms with Crippen molar-refractivity contribution in [3.05, 3.63) is 83.6 Å². The van der Waals surface area contributed by atoms with E-state index >= 15 is 0 Å². The first kappa shape index (κ1) is 22.0. The van der Waals surface area contributed by atoms with Gasteiger partial charge in [-0.05, 0) is 48.1 Å². The molecule has 0 aliphatic rings. The van der Waals surface area contributed by atoms with Crippen LogP contribution in [0.4, 0.5) is 5.69 Å². The quantitative estimate of drug-likeness (QED) is 0.511. The number of thioether (sulfide) groups is 1. The van der Waals surface area contributed by atoms with Gasteiger partial charge < -0.3 is 5.32 Å². The minimum Gasteiger partial charge on any atom is -0.321 e. The third-order valence-corrected chi connectivity index (χ3v) is 6.58. The molecule has 30 heavy (non-hydrogen) atoms. The number of aryl methyl sites for hydroxylation is 1. The molecule has 3 aromatic rings. The predicted molar refractivity (Wildman–Crippen MR) is 120 cm³/mol. The van der Waals surface area contributed by atoms with E-state index in [0.717, 1.165) is 16.3 Å². The highest BCUT2D eigenvalue weighted by Gasteiger charge is 2.18. The zero-order chi connectivity index (χ0) is 21.6. The summed E-state index contributed by atoms with van der Waals surface area (Å²) < 4.78 is 28.0. The first-order chi connectivity index (χ1) is 14.4. The fourth-order valence-electron chi connectivity index (χ4n) is 2.76. The van der Waals surface area contributed by atoms with E-state index in [2.05, 4.69) is 15.0 Å². The van der Waals surface area contributed by atoms with E-state index < -0.39 is 10.0 Å². The Kier molecular flexibility index (Phi) is 7.25. The third kappa shape index (κ3) is 5.69. The molecule has 0 spiro atoms. The molecular weight excluding hydrogens is 418 g/mol. The SMILES string of the molecule is CCSc1ccc(NC(=O)c2cc(S(=O)(=O)NCc3ccccc3)ccc2C)cn1. The summed E-state index contributed by atoms with van der Waals surface area (Å²) in [7, 11) is -3.76. The molecule has 2 N–H and O–H groups in total. The van der Waals surface area contributed by atoms with Crippen molar-refractivity contribution in [2.75, 3.05) is 11.1 Å². The molecule has 156 valence electrons. The van der Waals surface area contributed by atoms with Crippen molar-refractivity contribution in [1.82, 2.24) is 9.71 Å². The fourth-order valence-corrected chi connectivity index (χ4v) is 4.39. The number of benzene rings is 2. The maximum Gasteiger partial charge on any atom is 0.256 e. The van der Waals surface area contributed by atoms with Gasteiger partial charge in [0.1, 0.15) is 0 Å². The molecule has 0 aliphatic carbocycles. The maximum atomic E-state index is 12.7. The molecule has 6 nitrogen and oxygen atoms in total. The van der Waals surface area contributed by atoms with Crippen LogP contribution >= 0.6 is 11.8 Å². The van der Waals surface area contributed by atoms with Crippen molar-refractivity contribution in [1.29, 1.82) is 0 Å². The average Bonchev–Trinajstić information content (AvgIpc) is 2.75. The molecule has 0 aliphatic heterocycles. The second kappa shape index (κ2) is 9.88. The van der Waals surface area contributed by atoms with Crippen LogP contribution < -0.4 is 10.0 Å². The molecule has 1 aromatic heterocycles. The normalized spacial score (nSPS) is 11.3. The number of rotatable bonds is 8. The van der Waals surface area contributed by atoms with Crippen molar-refractivity contribution in [3.63, 3.8) is 0 Å². The van der Waals surface area contributed by atoms with Gasteiger partial charge >= 0.3 is 0 Å². The van der Waals surface area contributed by atoms with Crippen LogP contribution in [0.3, 0.4) is 0 Å². The molecule has 1 heterocycles. The van der Waals surface area contributed by atoms with Gasteiger partial charge in [0, 0.05) is 12.1 Å². The molecule has 0 radical (unpaired) electrons. The number of aromatic nitrogens is 1. The van der Waals surface area contributed by atoms with Crippen molar-refractivity contribution in [2.24, 2.45) is 0 Å².